The number of carboxylic acid groups (broad SMARTS) is 1. The molecule has 4 nitrogen and oxygen atoms in total. The van der Waals surface area contributed by atoms with E-state index in [0.29, 0.717) is 13.0 Å². The van der Waals surface area contributed by atoms with Crippen LogP contribution in [0, 0.1) is 5.41 Å². The summed E-state index contributed by atoms with van der Waals surface area (Å²) in [6, 6.07) is 7.69. The van der Waals surface area contributed by atoms with E-state index in [-0.39, 0.29) is 6.10 Å². The van der Waals surface area contributed by atoms with Gasteiger partial charge in [-0.05, 0) is 50.8 Å². The summed E-state index contributed by atoms with van der Waals surface area (Å²) in [5.74, 6) is 0.00342. The van der Waals surface area contributed by atoms with Crippen LogP contribution in [0.1, 0.15) is 32.3 Å². The fourth-order valence-electron chi connectivity index (χ4n) is 2.31. The summed E-state index contributed by atoms with van der Waals surface area (Å²) in [5.41, 5.74) is 0.207. The van der Waals surface area contributed by atoms with Crippen molar-refractivity contribution in [2.45, 2.75) is 39.2 Å². The molecule has 1 aliphatic heterocycles. The minimum absolute atomic E-state index is 0.103. The first-order valence-electron chi connectivity index (χ1n) is 7.04. The molecule has 1 aromatic rings. The van der Waals surface area contributed by atoms with E-state index in [2.05, 4.69) is 0 Å². The van der Waals surface area contributed by atoms with Gasteiger partial charge in [0.15, 0.2) is 0 Å². The molecule has 1 saturated heterocycles. The zero-order chi connectivity index (χ0) is 14.6. The number of ether oxygens (including phenoxy) is 2. The summed E-state index contributed by atoms with van der Waals surface area (Å²) in [4.78, 5) is 11.2. The highest BCUT2D eigenvalue weighted by Crippen LogP contribution is 2.25. The van der Waals surface area contributed by atoms with Crippen LogP contribution in [0.4, 0.5) is 0 Å². The first-order valence-corrected chi connectivity index (χ1v) is 7.04. The molecule has 0 spiro atoms. The molecule has 20 heavy (non-hydrogen) atoms. The predicted molar refractivity (Wildman–Crippen MR) is 76.0 cm³/mol. The Labute approximate surface area is 119 Å². The highest BCUT2D eigenvalue weighted by molar-refractivity contribution is 5.74. The number of hydrogen-bond acceptors (Lipinski definition) is 3. The predicted octanol–water partition coefficient (Wildman–Crippen LogP) is 2.90. The number of carbonyl (C=O) groups is 1. The maximum absolute atomic E-state index is 11.2. The molecule has 110 valence electrons. The third-order valence-electron chi connectivity index (χ3n) is 3.54. The van der Waals surface area contributed by atoms with Crippen LogP contribution in [0.5, 0.6) is 5.75 Å². The molecule has 1 aliphatic rings. The van der Waals surface area contributed by atoms with Crippen molar-refractivity contribution in [1.82, 2.24) is 0 Å². The second-order valence-electron chi connectivity index (χ2n) is 5.97. The van der Waals surface area contributed by atoms with E-state index >= 15 is 0 Å². The van der Waals surface area contributed by atoms with Gasteiger partial charge in [-0.25, -0.2) is 0 Å². The molecule has 0 amide bonds. The molecule has 2 rings (SSSR count). The van der Waals surface area contributed by atoms with Crippen molar-refractivity contribution in [1.29, 1.82) is 0 Å². The fraction of sp³-hybridized carbons (Fsp3) is 0.562. The van der Waals surface area contributed by atoms with Crippen molar-refractivity contribution in [3.63, 3.8) is 0 Å². The van der Waals surface area contributed by atoms with E-state index in [0.717, 1.165) is 30.8 Å². The molecule has 1 atom stereocenters. The highest BCUT2D eigenvalue weighted by Gasteiger charge is 2.27. The molecule has 0 aliphatic carbocycles. The largest absolute Gasteiger partial charge is 0.488 e. The molecular formula is C16H22O4. The summed E-state index contributed by atoms with van der Waals surface area (Å²) in [6.45, 7) is 4.91. The Kier molecular flexibility index (Phi) is 4.65. The Balaban J connectivity index is 2.02. The van der Waals surface area contributed by atoms with Crippen LogP contribution in [0.2, 0.25) is 0 Å². The summed E-state index contributed by atoms with van der Waals surface area (Å²) in [5, 5.41) is 9.19. The normalized spacial score (nSPS) is 19.6. The molecule has 0 radical (unpaired) electrons. The third-order valence-corrected chi connectivity index (χ3v) is 3.54. The SMILES string of the molecule is CC(C)(Cc1cccc(OC2CCCOC2)c1)C(=O)O. The summed E-state index contributed by atoms with van der Waals surface area (Å²) < 4.78 is 11.3. The van der Waals surface area contributed by atoms with Gasteiger partial charge in [0.25, 0.3) is 0 Å². The zero-order valence-corrected chi connectivity index (χ0v) is 12.1. The molecule has 0 bridgehead atoms. The lowest BCUT2D eigenvalue weighted by atomic mass is 9.86. The average Bonchev–Trinajstić information content (AvgIpc) is 2.39. The van der Waals surface area contributed by atoms with E-state index in [9.17, 15) is 9.90 Å². The van der Waals surface area contributed by atoms with Gasteiger partial charge < -0.3 is 14.6 Å². The molecule has 4 heteroatoms. The number of benzene rings is 1. The van der Waals surface area contributed by atoms with Crippen molar-refractivity contribution in [3.05, 3.63) is 29.8 Å². The minimum atomic E-state index is -0.787. The Morgan fingerprint density at radius 3 is 2.95 bits per heavy atom. The summed E-state index contributed by atoms with van der Waals surface area (Å²) in [6.07, 6.45) is 2.62. The maximum atomic E-state index is 11.2. The van der Waals surface area contributed by atoms with Gasteiger partial charge in [-0.1, -0.05) is 12.1 Å². The Morgan fingerprint density at radius 2 is 2.30 bits per heavy atom. The van der Waals surface area contributed by atoms with Crippen molar-refractivity contribution in [2.24, 2.45) is 5.41 Å². The Morgan fingerprint density at radius 1 is 1.50 bits per heavy atom. The van der Waals surface area contributed by atoms with Crippen LogP contribution in [0.3, 0.4) is 0 Å². The van der Waals surface area contributed by atoms with Crippen LogP contribution in [0.15, 0.2) is 24.3 Å². The lowest BCUT2D eigenvalue weighted by Crippen LogP contribution is -2.28. The van der Waals surface area contributed by atoms with Crippen LogP contribution < -0.4 is 4.74 Å². The standard InChI is InChI=1S/C16H22O4/c1-16(2,15(17)18)10-12-5-3-6-13(9-12)20-14-7-4-8-19-11-14/h3,5-6,9,14H,4,7-8,10-11H2,1-2H3,(H,17,18). The maximum Gasteiger partial charge on any atom is 0.309 e. The number of aliphatic carboxylic acids is 1. The highest BCUT2D eigenvalue weighted by atomic mass is 16.5. The van der Waals surface area contributed by atoms with Gasteiger partial charge in [0.2, 0.25) is 0 Å². The van der Waals surface area contributed by atoms with E-state index in [1.54, 1.807) is 13.8 Å². The minimum Gasteiger partial charge on any atom is -0.488 e. The molecule has 1 aromatic carbocycles. The zero-order valence-electron chi connectivity index (χ0n) is 12.1. The number of carboxylic acids is 1. The molecule has 0 aromatic heterocycles. The molecule has 1 fully saturated rings. The molecular weight excluding hydrogens is 256 g/mol. The smallest absolute Gasteiger partial charge is 0.309 e. The first-order chi connectivity index (χ1) is 9.47. The molecule has 1 heterocycles. The monoisotopic (exact) mass is 278 g/mol. The quantitative estimate of drug-likeness (QED) is 0.899. The number of rotatable bonds is 5. The van der Waals surface area contributed by atoms with Gasteiger partial charge in [0.05, 0.1) is 12.0 Å². The van der Waals surface area contributed by atoms with Crippen molar-refractivity contribution in [3.8, 4) is 5.75 Å². The Bertz CT molecular complexity index is 461. The van der Waals surface area contributed by atoms with Gasteiger partial charge in [0, 0.05) is 6.61 Å². The Hall–Kier alpha value is -1.55. The third kappa shape index (κ3) is 3.97. The summed E-state index contributed by atoms with van der Waals surface area (Å²) >= 11 is 0. The molecule has 1 unspecified atom stereocenters. The van der Waals surface area contributed by atoms with Crippen molar-refractivity contribution < 1.29 is 19.4 Å². The lowest BCUT2D eigenvalue weighted by molar-refractivity contribution is -0.146. The fourth-order valence-corrected chi connectivity index (χ4v) is 2.31. The molecule has 0 saturated carbocycles. The van der Waals surface area contributed by atoms with Crippen molar-refractivity contribution in [2.75, 3.05) is 13.2 Å². The van der Waals surface area contributed by atoms with E-state index in [4.69, 9.17) is 9.47 Å². The van der Waals surface area contributed by atoms with E-state index < -0.39 is 11.4 Å². The summed E-state index contributed by atoms with van der Waals surface area (Å²) in [7, 11) is 0. The average molecular weight is 278 g/mol. The van der Waals surface area contributed by atoms with Gasteiger partial charge in [-0.15, -0.1) is 0 Å². The molecule has 1 N–H and O–H groups in total. The van der Waals surface area contributed by atoms with E-state index in [1.807, 2.05) is 24.3 Å². The topological polar surface area (TPSA) is 55.8 Å². The van der Waals surface area contributed by atoms with Gasteiger partial charge in [-0.2, -0.15) is 0 Å². The second-order valence-corrected chi connectivity index (χ2v) is 5.97. The van der Waals surface area contributed by atoms with Gasteiger partial charge in [-0.3, -0.25) is 4.79 Å². The lowest BCUT2D eigenvalue weighted by Gasteiger charge is -2.24. The van der Waals surface area contributed by atoms with Crippen LogP contribution >= 0.6 is 0 Å². The van der Waals surface area contributed by atoms with Gasteiger partial charge in [0.1, 0.15) is 11.9 Å². The van der Waals surface area contributed by atoms with Crippen LogP contribution in [-0.2, 0) is 16.0 Å². The van der Waals surface area contributed by atoms with E-state index in [1.165, 1.54) is 0 Å². The second kappa shape index (κ2) is 6.27. The number of hydrogen-bond donors (Lipinski definition) is 1. The van der Waals surface area contributed by atoms with Crippen LogP contribution in [-0.4, -0.2) is 30.4 Å². The first kappa shape index (κ1) is 14.9. The van der Waals surface area contributed by atoms with Crippen molar-refractivity contribution >= 4 is 5.97 Å². The van der Waals surface area contributed by atoms with Gasteiger partial charge >= 0.3 is 5.97 Å². The van der Waals surface area contributed by atoms with Crippen LogP contribution in [0.25, 0.3) is 0 Å².